The molecule has 0 saturated carbocycles. The maximum atomic E-state index is 10.9. The predicted molar refractivity (Wildman–Crippen MR) is 54.0 cm³/mol. The van der Waals surface area contributed by atoms with E-state index in [4.69, 9.17) is 4.74 Å². The molecule has 1 aliphatic carbocycles. The quantitative estimate of drug-likeness (QED) is 0.636. The first kappa shape index (κ1) is 9.25. The fraction of sp³-hybridized carbons (Fsp3) is 0.417. The van der Waals surface area contributed by atoms with Crippen molar-refractivity contribution in [1.82, 2.24) is 0 Å². The zero-order valence-corrected chi connectivity index (χ0v) is 8.54. The second-order valence-electron chi connectivity index (χ2n) is 3.84. The molecule has 0 aromatic heterocycles. The number of hydrogen-bond donors (Lipinski definition) is 0. The largest absolute Gasteiger partial charge is 0.458 e. The fourth-order valence-corrected chi connectivity index (χ4v) is 2.01. The van der Waals surface area contributed by atoms with Crippen molar-refractivity contribution in [3.63, 3.8) is 0 Å². The summed E-state index contributed by atoms with van der Waals surface area (Å²) in [5, 5.41) is 0. The number of esters is 1. The molecule has 0 spiro atoms. The van der Waals surface area contributed by atoms with E-state index in [-0.39, 0.29) is 12.1 Å². The minimum atomic E-state index is -0.190. The standard InChI is InChI=1S/C12H14O2/c1-8-3-4-10-5-6-12(11(10)7-8)14-9(2)13/h3-4,7,12H,5-6H2,1-2H3. The zero-order chi connectivity index (χ0) is 10.1. The van der Waals surface area contributed by atoms with Crippen molar-refractivity contribution in [2.24, 2.45) is 0 Å². The molecule has 1 aliphatic rings. The van der Waals surface area contributed by atoms with Crippen molar-refractivity contribution in [3.05, 3.63) is 34.9 Å². The number of carbonyl (C=O) groups is 1. The van der Waals surface area contributed by atoms with Crippen molar-refractivity contribution in [1.29, 1.82) is 0 Å². The Morgan fingerprint density at radius 1 is 1.50 bits per heavy atom. The summed E-state index contributed by atoms with van der Waals surface area (Å²) in [6.45, 7) is 3.53. The van der Waals surface area contributed by atoms with Crippen molar-refractivity contribution in [2.45, 2.75) is 32.8 Å². The molecule has 0 fully saturated rings. The predicted octanol–water partition coefficient (Wildman–Crippen LogP) is 2.55. The van der Waals surface area contributed by atoms with Gasteiger partial charge in [0.25, 0.3) is 0 Å². The van der Waals surface area contributed by atoms with E-state index in [1.807, 2.05) is 0 Å². The molecule has 0 bridgehead atoms. The molecule has 0 aliphatic heterocycles. The summed E-state index contributed by atoms with van der Waals surface area (Å²) in [7, 11) is 0. The topological polar surface area (TPSA) is 26.3 Å². The number of benzene rings is 1. The maximum absolute atomic E-state index is 10.9. The highest BCUT2D eigenvalue weighted by molar-refractivity contribution is 5.66. The number of hydrogen-bond acceptors (Lipinski definition) is 2. The number of carbonyl (C=O) groups excluding carboxylic acids is 1. The van der Waals surface area contributed by atoms with Gasteiger partial charge in [-0.1, -0.05) is 23.8 Å². The Kier molecular flexibility index (Phi) is 2.28. The SMILES string of the molecule is CC(=O)OC1CCc2ccc(C)cc21. The lowest BCUT2D eigenvalue weighted by Crippen LogP contribution is -2.05. The van der Waals surface area contributed by atoms with Crippen LogP contribution in [-0.4, -0.2) is 5.97 Å². The van der Waals surface area contributed by atoms with Crippen molar-refractivity contribution >= 4 is 5.97 Å². The summed E-state index contributed by atoms with van der Waals surface area (Å²) in [5.41, 5.74) is 3.74. The van der Waals surface area contributed by atoms with Gasteiger partial charge in [-0.25, -0.2) is 0 Å². The van der Waals surface area contributed by atoms with Gasteiger partial charge in [-0.3, -0.25) is 4.79 Å². The van der Waals surface area contributed by atoms with E-state index in [9.17, 15) is 4.79 Å². The van der Waals surface area contributed by atoms with Gasteiger partial charge < -0.3 is 4.74 Å². The van der Waals surface area contributed by atoms with E-state index >= 15 is 0 Å². The summed E-state index contributed by atoms with van der Waals surface area (Å²) in [6.07, 6.45) is 1.94. The second kappa shape index (κ2) is 3.45. The molecule has 0 heterocycles. The average molecular weight is 190 g/mol. The molecule has 0 radical (unpaired) electrons. The smallest absolute Gasteiger partial charge is 0.303 e. The Morgan fingerprint density at radius 3 is 3.00 bits per heavy atom. The highest BCUT2D eigenvalue weighted by Gasteiger charge is 2.24. The Labute approximate surface area is 83.9 Å². The van der Waals surface area contributed by atoms with Crippen LogP contribution in [0.1, 0.15) is 36.1 Å². The highest BCUT2D eigenvalue weighted by atomic mass is 16.5. The molecule has 0 saturated heterocycles. The summed E-state index contributed by atoms with van der Waals surface area (Å²) in [6, 6.07) is 6.36. The third-order valence-corrected chi connectivity index (χ3v) is 2.63. The number of fused-ring (bicyclic) bond motifs is 1. The Hall–Kier alpha value is -1.31. The summed E-state index contributed by atoms with van der Waals surface area (Å²) < 4.78 is 5.25. The molecule has 74 valence electrons. The molecule has 0 N–H and O–H groups in total. The minimum Gasteiger partial charge on any atom is -0.458 e. The molecule has 0 amide bonds. The molecule has 14 heavy (non-hydrogen) atoms. The lowest BCUT2D eigenvalue weighted by molar-refractivity contribution is -0.146. The molecule has 2 rings (SSSR count). The summed E-state index contributed by atoms with van der Waals surface area (Å²) in [4.78, 5) is 10.9. The number of aryl methyl sites for hydroxylation is 2. The molecule has 1 aromatic rings. The number of rotatable bonds is 1. The van der Waals surface area contributed by atoms with E-state index in [1.54, 1.807) is 0 Å². The normalized spacial score (nSPS) is 19.1. The molecular formula is C12H14O2. The molecule has 2 heteroatoms. The van der Waals surface area contributed by atoms with E-state index in [1.165, 1.54) is 23.6 Å². The van der Waals surface area contributed by atoms with Gasteiger partial charge in [-0.2, -0.15) is 0 Å². The first-order chi connectivity index (χ1) is 6.66. The molecule has 1 atom stereocenters. The summed E-state index contributed by atoms with van der Waals surface area (Å²) in [5.74, 6) is -0.190. The monoisotopic (exact) mass is 190 g/mol. The van der Waals surface area contributed by atoms with Crippen LogP contribution >= 0.6 is 0 Å². The van der Waals surface area contributed by atoms with Crippen LogP contribution in [0.25, 0.3) is 0 Å². The van der Waals surface area contributed by atoms with Gasteiger partial charge in [-0.05, 0) is 30.9 Å². The van der Waals surface area contributed by atoms with E-state index < -0.39 is 0 Å². The van der Waals surface area contributed by atoms with Gasteiger partial charge in [0.05, 0.1) is 0 Å². The van der Waals surface area contributed by atoms with Crippen LogP contribution < -0.4 is 0 Å². The maximum Gasteiger partial charge on any atom is 0.303 e. The van der Waals surface area contributed by atoms with Crippen LogP contribution in [0, 0.1) is 6.92 Å². The third kappa shape index (κ3) is 1.65. The van der Waals surface area contributed by atoms with Gasteiger partial charge in [0, 0.05) is 6.92 Å². The molecule has 2 nitrogen and oxygen atoms in total. The first-order valence-corrected chi connectivity index (χ1v) is 4.93. The minimum absolute atomic E-state index is 0.0117. The lowest BCUT2D eigenvalue weighted by atomic mass is 10.1. The Bertz CT molecular complexity index is 369. The zero-order valence-electron chi connectivity index (χ0n) is 8.54. The van der Waals surface area contributed by atoms with Crippen LogP contribution in [0.2, 0.25) is 0 Å². The fourth-order valence-electron chi connectivity index (χ4n) is 2.01. The van der Waals surface area contributed by atoms with Crippen LogP contribution in [0.4, 0.5) is 0 Å². The van der Waals surface area contributed by atoms with E-state index in [0.29, 0.717) is 0 Å². The number of ether oxygens (including phenoxy) is 1. The van der Waals surface area contributed by atoms with Gasteiger partial charge in [-0.15, -0.1) is 0 Å². The van der Waals surface area contributed by atoms with Gasteiger partial charge in [0.2, 0.25) is 0 Å². The second-order valence-corrected chi connectivity index (χ2v) is 3.84. The molecule has 1 aromatic carbocycles. The highest BCUT2D eigenvalue weighted by Crippen LogP contribution is 2.34. The van der Waals surface area contributed by atoms with Crippen molar-refractivity contribution < 1.29 is 9.53 Å². The van der Waals surface area contributed by atoms with Crippen molar-refractivity contribution in [2.75, 3.05) is 0 Å². The first-order valence-electron chi connectivity index (χ1n) is 4.93. The van der Waals surface area contributed by atoms with Crippen molar-refractivity contribution in [3.8, 4) is 0 Å². The van der Waals surface area contributed by atoms with E-state index in [2.05, 4.69) is 25.1 Å². The van der Waals surface area contributed by atoms with Crippen LogP contribution in [0.5, 0.6) is 0 Å². The summed E-state index contributed by atoms with van der Waals surface area (Å²) >= 11 is 0. The van der Waals surface area contributed by atoms with Crippen LogP contribution in [0.15, 0.2) is 18.2 Å². The average Bonchev–Trinajstić information content (AvgIpc) is 2.47. The third-order valence-electron chi connectivity index (χ3n) is 2.63. The van der Waals surface area contributed by atoms with E-state index in [0.717, 1.165) is 12.8 Å². The Balaban J connectivity index is 2.28. The van der Waals surface area contributed by atoms with Gasteiger partial charge in [0.15, 0.2) is 0 Å². The van der Waals surface area contributed by atoms with Crippen LogP contribution in [-0.2, 0) is 16.0 Å². The molecular weight excluding hydrogens is 176 g/mol. The van der Waals surface area contributed by atoms with Gasteiger partial charge >= 0.3 is 5.97 Å². The lowest BCUT2D eigenvalue weighted by Gasteiger charge is -2.11. The Morgan fingerprint density at radius 2 is 2.29 bits per heavy atom. The molecule has 1 unspecified atom stereocenters. The van der Waals surface area contributed by atoms with Crippen LogP contribution in [0.3, 0.4) is 0 Å². The van der Waals surface area contributed by atoms with Gasteiger partial charge in [0.1, 0.15) is 6.10 Å².